The van der Waals surface area contributed by atoms with Crippen LogP contribution in [-0.2, 0) is 19.5 Å². The number of carbonyl (C=O) groups excluding carboxylic acids is 1. The first kappa shape index (κ1) is 17.6. The normalized spacial score (nSPS) is 11.3. The Morgan fingerprint density at radius 3 is 2.67 bits per heavy atom. The Kier molecular flexibility index (Phi) is 7.30. The highest BCUT2D eigenvalue weighted by Gasteiger charge is 2.21. The van der Waals surface area contributed by atoms with E-state index in [4.69, 9.17) is 9.84 Å². The number of methoxy groups -OCH3 is 1. The molecule has 8 heteroatoms. The first-order valence-corrected chi connectivity index (χ1v) is 7.87. The highest BCUT2D eigenvalue weighted by molar-refractivity contribution is 7.89. The summed E-state index contributed by atoms with van der Waals surface area (Å²) >= 11 is 0. The topological polar surface area (TPSA) is 102 Å². The molecule has 0 saturated heterocycles. The molecule has 1 rings (SSSR count). The smallest absolute Gasteiger partial charge is 0.339 e. The number of carbonyl (C=O) groups is 1. The quantitative estimate of drug-likeness (QED) is 0.496. The lowest BCUT2D eigenvalue weighted by molar-refractivity contribution is 0.0596. The van der Waals surface area contributed by atoms with Gasteiger partial charge in [0, 0.05) is 13.2 Å². The number of nitrogens with one attached hydrogen (secondary N) is 1. The van der Waals surface area contributed by atoms with Crippen molar-refractivity contribution in [3.63, 3.8) is 0 Å². The molecular formula is C13H19NO6S. The summed E-state index contributed by atoms with van der Waals surface area (Å²) in [5, 5.41) is 8.53. The van der Waals surface area contributed by atoms with Crippen molar-refractivity contribution < 1.29 is 27.8 Å². The maximum Gasteiger partial charge on any atom is 0.339 e. The van der Waals surface area contributed by atoms with Gasteiger partial charge in [0.25, 0.3) is 0 Å². The zero-order valence-corrected chi connectivity index (χ0v) is 12.6. The van der Waals surface area contributed by atoms with Crippen molar-refractivity contribution >= 4 is 16.0 Å². The van der Waals surface area contributed by atoms with Gasteiger partial charge in [0.05, 0.1) is 30.8 Å². The number of benzene rings is 1. The molecule has 0 aliphatic carbocycles. The molecule has 0 unspecified atom stereocenters. The van der Waals surface area contributed by atoms with E-state index >= 15 is 0 Å². The van der Waals surface area contributed by atoms with Crippen molar-refractivity contribution in [1.82, 2.24) is 4.72 Å². The summed E-state index contributed by atoms with van der Waals surface area (Å²) in [5.41, 5.74) is -0.0102. The van der Waals surface area contributed by atoms with Crippen LogP contribution in [0.25, 0.3) is 0 Å². The molecule has 0 radical (unpaired) electrons. The fourth-order valence-corrected chi connectivity index (χ4v) is 2.87. The van der Waals surface area contributed by atoms with Crippen LogP contribution in [0.15, 0.2) is 29.2 Å². The minimum Gasteiger partial charge on any atom is -0.465 e. The van der Waals surface area contributed by atoms with Gasteiger partial charge in [0.1, 0.15) is 0 Å². The summed E-state index contributed by atoms with van der Waals surface area (Å²) in [5.74, 6) is -0.706. The molecule has 0 aliphatic rings. The van der Waals surface area contributed by atoms with E-state index in [-0.39, 0.29) is 30.2 Å². The maximum atomic E-state index is 12.2. The first-order chi connectivity index (χ1) is 10.0. The summed E-state index contributed by atoms with van der Waals surface area (Å²) in [6.07, 6.45) is 0.458. The average molecular weight is 317 g/mol. The molecule has 0 heterocycles. The third-order valence-electron chi connectivity index (χ3n) is 2.58. The van der Waals surface area contributed by atoms with E-state index < -0.39 is 16.0 Å². The second kappa shape index (κ2) is 8.73. The minimum absolute atomic E-state index is 0.0102. The fourth-order valence-electron chi connectivity index (χ4n) is 1.60. The van der Waals surface area contributed by atoms with Gasteiger partial charge in [0.15, 0.2) is 0 Å². The summed E-state index contributed by atoms with van der Waals surface area (Å²) in [6, 6.07) is 5.83. The molecule has 2 N–H and O–H groups in total. The Hall–Kier alpha value is -1.48. The second-order valence-corrected chi connectivity index (χ2v) is 5.81. The number of hydrogen-bond donors (Lipinski definition) is 2. The van der Waals surface area contributed by atoms with Crippen LogP contribution >= 0.6 is 0 Å². The van der Waals surface area contributed by atoms with Crippen LogP contribution in [0.4, 0.5) is 0 Å². The number of esters is 1. The lowest BCUT2D eigenvalue weighted by Crippen LogP contribution is -2.27. The van der Waals surface area contributed by atoms with Crippen molar-refractivity contribution in [3.05, 3.63) is 29.8 Å². The van der Waals surface area contributed by atoms with Gasteiger partial charge < -0.3 is 14.6 Å². The highest BCUT2D eigenvalue weighted by atomic mass is 32.2. The molecule has 0 aromatic heterocycles. The van der Waals surface area contributed by atoms with E-state index in [1.54, 1.807) is 6.07 Å². The number of ether oxygens (including phenoxy) is 2. The summed E-state index contributed by atoms with van der Waals surface area (Å²) in [6.45, 7) is 0.654. The Labute approximate surface area is 123 Å². The second-order valence-electron chi connectivity index (χ2n) is 4.08. The van der Waals surface area contributed by atoms with Crippen LogP contribution in [0.2, 0.25) is 0 Å². The lowest BCUT2D eigenvalue weighted by Gasteiger charge is -2.10. The summed E-state index contributed by atoms with van der Waals surface area (Å²) in [4.78, 5) is 11.5. The zero-order chi connectivity index (χ0) is 15.7. The van der Waals surface area contributed by atoms with Crippen molar-refractivity contribution in [2.45, 2.75) is 11.3 Å². The van der Waals surface area contributed by atoms with E-state index in [0.717, 1.165) is 0 Å². The van der Waals surface area contributed by atoms with Crippen LogP contribution in [0, 0.1) is 0 Å². The third kappa shape index (κ3) is 5.43. The van der Waals surface area contributed by atoms with Gasteiger partial charge in [-0.25, -0.2) is 17.9 Å². The number of rotatable bonds is 9. The molecule has 0 bridgehead atoms. The van der Waals surface area contributed by atoms with Gasteiger partial charge in [-0.3, -0.25) is 0 Å². The standard InChI is InChI=1S/C13H19NO6S/c1-19-13(16)11-5-2-3-6-12(11)21(17,18)14-7-4-9-20-10-8-15/h2-3,5-6,14-15H,4,7-10H2,1H3. The molecule has 1 aromatic carbocycles. The van der Waals surface area contributed by atoms with Gasteiger partial charge in [-0.2, -0.15) is 0 Å². The predicted molar refractivity (Wildman–Crippen MR) is 75.5 cm³/mol. The number of aliphatic hydroxyl groups excluding tert-OH is 1. The van der Waals surface area contributed by atoms with Gasteiger partial charge in [-0.05, 0) is 18.6 Å². The van der Waals surface area contributed by atoms with Gasteiger partial charge in [-0.15, -0.1) is 0 Å². The van der Waals surface area contributed by atoms with Crippen molar-refractivity contribution in [2.24, 2.45) is 0 Å². The molecule has 0 amide bonds. The molecule has 0 aliphatic heterocycles. The molecule has 0 saturated carbocycles. The van der Waals surface area contributed by atoms with Gasteiger partial charge in [-0.1, -0.05) is 12.1 Å². The zero-order valence-electron chi connectivity index (χ0n) is 11.7. The van der Waals surface area contributed by atoms with Crippen LogP contribution in [0.3, 0.4) is 0 Å². The largest absolute Gasteiger partial charge is 0.465 e. The Morgan fingerprint density at radius 2 is 2.00 bits per heavy atom. The van der Waals surface area contributed by atoms with E-state index in [1.165, 1.54) is 25.3 Å². The van der Waals surface area contributed by atoms with E-state index in [1.807, 2.05) is 0 Å². The Balaban J connectivity index is 2.68. The van der Waals surface area contributed by atoms with Crippen LogP contribution in [0.5, 0.6) is 0 Å². The average Bonchev–Trinajstić information content (AvgIpc) is 2.50. The monoisotopic (exact) mass is 317 g/mol. The SMILES string of the molecule is COC(=O)c1ccccc1S(=O)(=O)NCCCOCCO. The van der Waals surface area contributed by atoms with Crippen molar-refractivity contribution in [2.75, 3.05) is 33.5 Å². The number of sulfonamides is 1. The fraction of sp³-hybridized carbons (Fsp3) is 0.462. The third-order valence-corrected chi connectivity index (χ3v) is 4.09. The summed E-state index contributed by atoms with van der Waals surface area (Å²) < 4.78 is 36.3. The van der Waals surface area contributed by atoms with Crippen LogP contribution < -0.4 is 4.72 Å². The van der Waals surface area contributed by atoms with E-state index in [2.05, 4.69) is 9.46 Å². The molecule has 7 nitrogen and oxygen atoms in total. The summed E-state index contributed by atoms with van der Waals surface area (Å²) in [7, 11) is -2.60. The van der Waals surface area contributed by atoms with Crippen LogP contribution in [-0.4, -0.2) is 53.0 Å². The number of hydrogen-bond acceptors (Lipinski definition) is 6. The molecule has 0 fully saturated rings. The molecule has 21 heavy (non-hydrogen) atoms. The Bertz CT molecular complexity index is 558. The predicted octanol–water partition coefficient (Wildman–Crippen LogP) is 0.150. The molecule has 0 atom stereocenters. The van der Waals surface area contributed by atoms with Gasteiger partial charge in [0.2, 0.25) is 10.0 Å². The lowest BCUT2D eigenvalue weighted by atomic mass is 10.2. The van der Waals surface area contributed by atoms with Crippen molar-refractivity contribution in [3.8, 4) is 0 Å². The molecular weight excluding hydrogens is 298 g/mol. The van der Waals surface area contributed by atoms with E-state index in [0.29, 0.717) is 13.0 Å². The van der Waals surface area contributed by atoms with E-state index in [9.17, 15) is 13.2 Å². The molecule has 0 spiro atoms. The molecule has 118 valence electrons. The maximum absolute atomic E-state index is 12.2. The first-order valence-electron chi connectivity index (χ1n) is 6.38. The van der Waals surface area contributed by atoms with Crippen LogP contribution in [0.1, 0.15) is 16.8 Å². The van der Waals surface area contributed by atoms with Gasteiger partial charge >= 0.3 is 5.97 Å². The highest BCUT2D eigenvalue weighted by Crippen LogP contribution is 2.16. The number of aliphatic hydroxyl groups is 1. The Morgan fingerprint density at radius 1 is 1.29 bits per heavy atom. The minimum atomic E-state index is -3.79. The van der Waals surface area contributed by atoms with Crippen molar-refractivity contribution in [1.29, 1.82) is 0 Å². The molecule has 1 aromatic rings.